The number of halogens is 1. The van der Waals surface area contributed by atoms with E-state index >= 15 is 0 Å². The molecule has 2 aromatic rings. The van der Waals surface area contributed by atoms with Crippen LogP contribution in [-0.2, 0) is 7.05 Å². The number of imidazole rings is 1. The fourth-order valence-corrected chi connectivity index (χ4v) is 2.34. The van der Waals surface area contributed by atoms with Crippen LogP contribution in [0.5, 0.6) is 11.5 Å². The Labute approximate surface area is 119 Å². The average Bonchev–Trinajstić information content (AvgIpc) is 2.72. The van der Waals surface area contributed by atoms with Gasteiger partial charge in [-0.25, -0.2) is 4.98 Å². The summed E-state index contributed by atoms with van der Waals surface area (Å²) in [5.41, 5.74) is 1.23. The lowest BCUT2D eigenvalue weighted by Gasteiger charge is -2.10. The zero-order valence-electron chi connectivity index (χ0n) is 10.8. The van der Waals surface area contributed by atoms with Gasteiger partial charge in [0.15, 0.2) is 5.69 Å². The van der Waals surface area contributed by atoms with E-state index in [1.807, 2.05) is 18.2 Å². The first-order valence-corrected chi connectivity index (χ1v) is 6.26. The highest BCUT2D eigenvalue weighted by molar-refractivity contribution is 9.10. The minimum Gasteiger partial charge on any atom is -0.497 e. The molecule has 1 aromatic heterocycles. The van der Waals surface area contributed by atoms with Crippen LogP contribution in [0.4, 0.5) is 0 Å². The van der Waals surface area contributed by atoms with E-state index in [9.17, 15) is 0 Å². The highest BCUT2D eigenvalue weighted by Crippen LogP contribution is 2.34. The Morgan fingerprint density at radius 1 is 1.32 bits per heavy atom. The molecule has 0 amide bonds. The summed E-state index contributed by atoms with van der Waals surface area (Å²) in [7, 11) is 4.97. The number of hydrogen-bond donors (Lipinski definition) is 0. The lowest BCUT2D eigenvalue weighted by Crippen LogP contribution is -1.98. The predicted molar refractivity (Wildman–Crippen MR) is 74.2 cm³/mol. The number of nitrogens with zero attached hydrogens (tertiary/aromatic N) is 3. The zero-order valence-corrected chi connectivity index (χ0v) is 12.4. The molecular formula is C13H12BrN3O2. The molecule has 0 N–H and O–H groups in total. The van der Waals surface area contributed by atoms with Gasteiger partial charge in [-0.15, -0.1) is 0 Å². The maximum atomic E-state index is 9.09. The van der Waals surface area contributed by atoms with Crippen molar-refractivity contribution in [3.8, 4) is 29.0 Å². The molecule has 1 aromatic carbocycles. The molecule has 5 nitrogen and oxygen atoms in total. The van der Waals surface area contributed by atoms with Crippen molar-refractivity contribution in [1.82, 2.24) is 9.55 Å². The molecule has 0 spiro atoms. The van der Waals surface area contributed by atoms with Crippen LogP contribution in [0.25, 0.3) is 11.4 Å². The Balaban J connectivity index is 2.67. The molecule has 0 saturated heterocycles. The van der Waals surface area contributed by atoms with Crippen molar-refractivity contribution in [2.75, 3.05) is 14.2 Å². The normalized spacial score (nSPS) is 10.1. The van der Waals surface area contributed by atoms with Gasteiger partial charge in [0.25, 0.3) is 0 Å². The first kappa shape index (κ1) is 13.4. The summed E-state index contributed by atoms with van der Waals surface area (Å²) < 4.78 is 12.8. The van der Waals surface area contributed by atoms with Gasteiger partial charge in [-0.05, 0) is 34.1 Å². The molecule has 0 aliphatic rings. The summed E-state index contributed by atoms with van der Waals surface area (Å²) in [5.74, 6) is 2.01. The first-order chi connectivity index (χ1) is 9.12. The quantitative estimate of drug-likeness (QED) is 0.872. The number of ether oxygens (including phenoxy) is 2. The molecule has 1 heterocycles. The molecule has 0 radical (unpaired) electrons. The molecule has 98 valence electrons. The molecule has 0 aliphatic heterocycles. The Morgan fingerprint density at radius 3 is 2.58 bits per heavy atom. The van der Waals surface area contributed by atoms with Crippen LogP contribution in [0.3, 0.4) is 0 Å². The standard InChI is InChI=1S/C13H12BrN3O2/c1-17-10(7-15)12(14)16-13(17)9-6-8(18-2)4-5-11(9)19-3/h4-6H,1-3H3. The van der Waals surface area contributed by atoms with E-state index in [2.05, 4.69) is 27.0 Å². The Bertz CT molecular complexity index is 659. The first-order valence-electron chi connectivity index (χ1n) is 5.47. The minimum atomic E-state index is 0.458. The van der Waals surface area contributed by atoms with Gasteiger partial charge in [0.05, 0.1) is 19.8 Å². The third-order valence-electron chi connectivity index (χ3n) is 2.81. The van der Waals surface area contributed by atoms with Gasteiger partial charge in [-0.2, -0.15) is 5.26 Å². The molecule has 0 atom stereocenters. The van der Waals surface area contributed by atoms with Gasteiger partial charge in [-0.1, -0.05) is 0 Å². The summed E-state index contributed by atoms with van der Waals surface area (Å²) in [6, 6.07) is 7.55. The van der Waals surface area contributed by atoms with Crippen LogP contribution in [0, 0.1) is 11.3 Å². The number of hydrogen-bond acceptors (Lipinski definition) is 4. The average molecular weight is 322 g/mol. The van der Waals surface area contributed by atoms with Crippen molar-refractivity contribution in [3.05, 3.63) is 28.5 Å². The van der Waals surface area contributed by atoms with E-state index in [1.54, 1.807) is 25.8 Å². The Morgan fingerprint density at radius 2 is 2.05 bits per heavy atom. The van der Waals surface area contributed by atoms with Crippen LogP contribution < -0.4 is 9.47 Å². The molecular weight excluding hydrogens is 310 g/mol. The molecule has 19 heavy (non-hydrogen) atoms. The number of rotatable bonds is 3. The maximum absolute atomic E-state index is 9.09. The Hall–Kier alpha value is -2.00. The number of nitriles is 1. The van der Waals surface area contributed by atoms with Crippen LogP contribution in [0.1, 0.15) is 5.69 Å². The van der Waals surface area contributed by atoms with Gasteiger partial charge in [0.1, 0.15) is 28.0 Å². The van der Waals surface area contributed by atoms with Gasteiger partial charge in [-0.3, -0.25) is 0 Å². The molecule has 0 saturated carbocycles. The summed E-state index contributed by atoms with van der Waals surface area (Å²) in [6.07, 6.45) is 0. The molecule has 0 unspecified atom stereocenters. The predicted octanol–water partition coefficient (Wildman–Crippen LogP) is 2.74. The van der Waals surface area contributed by atoms with Gasteiger partial charge >= 0.3 is 0 Å². The fourth-order valence-electron chi connectivity index (χ4n) is 1.82. The topological polar surface area (TPSA) is 60.1 Å². The summed E-state index contributed by atoms with van der Waals surface area (Å²) in [5, 5.41) is 9.09. The van der Waals surface area contributed by atoms with Crippen LogP contribution in [-0.4, -0.2) is 23.8 Å². The lowest BCUT2D eigenvalue weighted by molar-refractivity contribution is 0.404. The van der Waals surface area contributed by atoms with Gasteiger partial charge in [0, 0.05) is 7.05 Å². The monoisotopic (exact) mass is 321 g/mol. The number of methoxy groups -OCH3 is 2. The van der Waals surface area contributed by atoms with Crippen LogP contribution in [0.2, 0.25) is 0 Å². The third kappa shape index (κ3) is 2.29. The molecule has 0 bridgehead atoms. The van der Waals surface area contributed by atoms with Gasteiger partial charge in [0.2, 0.25) is 0 Å². The Kier molecular flexibility index (Phi) is 3.76. The lowest BCUT2D eigenvalue weighted by atomic mass is 10.1. The van der Waals surface area contributed by atoms with Crippen molar-refractivity contribution < 1.29 is 9.47 Å². The number of aromatic nitrogens is 2. The SMILES string of the molecule is COc1ccc(OC)c(-c2nc(Br)c(C#N)n2C)c1. The van der Waals surface area contributed by atoms with E-state index in [-0.39, 0.29) is 0 Å². The van der Waals surface area contributed by atoms with E-state index in [0.717, 1.165) is 5.56 Å². The summed E-state index contributed by atoms with van der Waals surface area (Å²) in [4.78, 5) is 4.36. The van der Waals surface area contributed by atoms with Gasteiger partial charge < -0.3 is 14.0 Å². The summed E-state index contributed by atoms with van der Waals surface area (Å²) in [6.45, 7) is 0. The van der Waals surface area contributed by atoms with Crippen molar-refractivity contribution in [2.24, 2.45) is 7.05 Å². The van der Waals surface area contributed by atoms with E-state index in [1.165, 1.54) is 0 Å². The molecule has 0 aliphatic carbocycles. The minimum absolute atomic E-state index is 0.458. The number of benzene rings is 1. The highest BCUT2D eigenvalue weighted by Gasteiger charge is 2.17. The second-order valence-electron chi connectivity index (χ2n) is 3.81. The molecule has 6 heteroatoms. The third-order valence-corrected chi connectivity index (χ3v) is 3.36. The fraction of sp³-hybridized carbons (Fsp3) is 0.231. The van der Waals surface area contributed by atoms with E-state index in [4.69, 9.17) is 14.7 Å². The van der Waals surface area contributed by atoms with Crippen molar-refractivity contribution in [3.63, 3.8) is 0 Å². The smallest absolute Gasteiger partial charge is 0.154 e. The van der Waals surface area contributed by atoms with Crippen molar-refractivity contribution >= 4 is 15.9 Å². The largest absolute Gasteiger partial charge is 0.497 e. The second kappa shape index (κ2) is 5.33. The van der Waals surface area contributed by atoms with E-state index < -0.39 is 0 Å². The summed E-state index contributed by atoms with van der Waals surface area (Å²) >= 11 is 3.28. The molecule has 0 fully saturated rings. The highest BCUT2D eigenvalue weighted by atomic mass is 79.9. The van der Waals surface area contributed by atoms with Crippen molar-refractivity contribution in [2.45, 2.75) is 0 Å². The van der Waals surface area contributed by atoms with Crippen LogP contribution >= 0.6 is 15.9 Å². The van der Waals surface area contributed by atoms with Crippen molar-refractivity contribution in [1.29, 1.82) is 5.26 Å². The van der Waals surface area contributed by atoms with E-state index in [0.29, 0.717) is 27.6 Å². The maximum Gasteiger partial charge on any atom is 0.154 e. The van der Waals surface area contributed by atoms with Crippen LogP contribution in [0.15, 0.2) is 22.8 Å². The second-order valence-corrected chi connectivity index (χ2v) is 4.56. The zero-order chi connectivity index (χ0) is 14.0. The molecule has 2 rings (SSSR count).